The van der Waals surface area contributed by atoms with Crippen molar-refractivity contribution in [2.45, 2.75) is 31.5 Å². The second kappa shape index (κ2) is 5.80. The van der Waals surface area contributed by atoms with Gasteiger partial charge in [0.15, 0.2) is 0 Å². The predicted octanol–water partition coefficient (Wildman–Crippen LogP) is 0.495. The summed E-state index contributed by atoms with van der Waals surface area (Å²) in [5.74, 6) is 0. The van der Waals surface area contributed by atoms with Crippen LogP contribution in [0.1, 0.15) is 19.8 Å². The van der Waals surface area contributed by atoms with Crippen molar-refractivity contribution in [3.05, 3.63) is 0 Å². The molecule has 4 nitrogen and oxygen atoms in total. The molecule has 0 aromatic heterocycles. The first-order valence-corrected chi connectivity index (χ1v) is 5.57. The maximum Gasteiger partial charge on any atom is 0.0817 e. The van der Waals surface area contributed by atoms with Gasteiger partial charge in [-0.15, -0.1) is 0 Å². The molecule has 1 atom stereocenters. The van der Waals surface area contributed by atoms with Crippen LogP contribution in [-0.2, 0) is 9.47 Å². The summed E-state index contributed by atoms with van der Waals surface area (Å²) in [6.07, 6.45) is 1.68. The second-order valence-corrected chi connectivity index (χ2v) is 4.58. The molecule has 0 aromatic rings. The Hall–Kier alpha value is -0.160. The summed E-state index contributed by atoms with van der Waals surface area (Å²) in [5.41, 5.74) is -0.569. The van der Waals surface area contributed by atoms with Gasteiger partial charge < -0.3 is 19.5 Å². The third-order valence-corrected chi connectivity index (χ3v) is 2.96. The molecule has 1 unspecified atom stereocenters. The number of rotatable bonds is 5. The first-order valence-electron chi connectivity index (χ1n) is 5.57. The highest BCUT2D eigenvalue weighted by molar-refractivity contribution is 4.84. The van der Waals surface area contributed by atoms with E-state index in [0.717, 1.165) is 19.4 Å². The third-order valence-electron chi connectivity index (χ3n) is 2.96. The molecule has 0 saturated carbocycles. The number of hydrogen-bond acceptors (Lipinski definition) is 4. The summed E-state index contributed by atoms with van der Waals surface area (Å²) in [6.45, 7) is 4.92. The molecule has 90 valence electrons. The average Bonchev–Trinajstić information content (AvgIpc) is 2.17. The number of ether oxygens (including phenoxy) is 2. The third kappa shape index (κ3) is 4.47. The monoisotopic (exact) mass is 217 g/mol. The predicted molar refractivity (Wildman–Crippen MR) is 59.0 cm³/mol. The zero-order valence-electron chi connectivity index (χ0n) is 10.0. The van der Waals surface area contributed by atoms with Crippen LogP contribution in [0.4, 0.5) is 0 Å². The highest BCUT2D eigenvalue weighted by Gasteiger charge is 2.31. The summed E-state index contributed by atoms with van der Waals surface area (Å²) < 4.78 is 10.4. The number of hydrogen-bond donors (Lipinski definition) is 1. The molecule has 1 fully saturated rings. The lowest BCUT2D eigenvalue weighted by Gasteiger charge is -2.36. The van der Waals surface area contributed by atoms with Crippen molar-refractivity contribution >= 4 is 0 Å². The van der Waals surface area contributed by atoms with Crippen LogP contribution >= 0.6 is 0 Å². The number of aliphatic hydroxyl groups is 1. The molecule has 1 saturated heterocycles. The van der Waals surface area contributed by atoms with E-state index < -0.39 is 5.60 Å². The minimum atomic E-state index is -0.569. The summed E-state index contributed by atoms with van der Waals surface area (Å²) in [5, 5.41) is 10.3. The van der Waals surface area contributed by atoms with Gasteiger partial charge in [0, 0.05) is 46.3 Å². The van der Waals surface area contributed by atoms with Crippen LogP contribution < -0.4 is 0 Å². The Morgan fingerprint density at radius 1 is 1.47 bits per heavy atom. The highest BCUT2D eigenvalue weighted by Crippen LogP contribution is 2.21. The molecule has 1 N–H and O–H groups in total. The van der Waals surface area contributed by atoms with Crippen molar-refractivity contribution in [3.63, 3.8) is 0 Å². The fourth-order valence-corrected chi connectivity index (χ4v) is 1.99. The minimum absolute atomic E-state index is 0.207. The van der Waals surface area contributed by atoms with Crippen molar-refractivity contribution in [1.82, 2.24) is 4.90 Å². The van der Waals surface area contributed by atoms with E-state index in [1.54, 1.807) is 7.11 Å². The van der Waals surface area contributed by atoms with E-state index in [9.17, 15) is 5.11 Å². The quantitative estimate of drug-likeness (QED) is 0.728. The Morgan fingerprint density at radius 2 is 2.07 bits per heavy atom. The molecule has 1 rings (SSSR count). The number of nitrogens with zero attached hydrogens (tertiary/aromatic N) is 1. The fraction of sp³-hybridized carbons (Fsp3) is 1.00. The second-order valence-electron chi connectivity index (χ2n) is 4.58. The van der Waals surface area contributed by atoms with E-state index in [2.05, 4.69) is 4.90 Å². The smallest absolute Gasteiger partial charge is 0.0817 e. The molecular formula is C11H23NO3. The van der Waals surface area contributed by atoms with Crippen molar-refractivity contribution < 1.29 is 14.6 Å². The first kappa shape index (κ1) is 12.9. The van der Waals surface area contributed by atoms with Crippen LogP contribution in [0.5, 0.6) is 0 Å². The van der Waals surface area contributed by atoms with Gasteiger partial charge in [0.05, 0.1) is 11.7 Å². The molecule has 1 aliphatic heterocycles. The van der Waals surface area contributed by atoms with E-state index in [4.69, 9.17) is 9.47 Å². The van der Waals surface area contributed by atoms with E-state index in [0.29, 0.717) is 19.8 Å². The topological polar surface area (TPSA) is 41.9 Å². The highest BCUT2D eigenvalue weighted by atomic mass is 16.5. The SMILES string of the molecule is COC(C)CN(C)CC1(O)CCOCC1. The molecule has 0 radical (unpaired) electrons. The Bertz CT molecular complexity index is 181. The summed E-state index contributed by atoms with van der Waals surface area (Å²) in [7, 11) is 3.73. The first-order chi connectivity index (χ1) is 7.06. The summed E-state index contributed by atoms with van der Waals surface area (Å²) in [4.78, 5) is 2.12. The molecule has 15 heavy (non-hydrogen) atoms. The maximum atomic E-state index is 10.3. The van der Waals surface area contributed by atoms with E-state index in [-0.39, 0.29) is 6.10 Å². The molecule has 1 heterocycles. The van der Waals surface area contributed by atoms with Crippen LogP contribution in [0.25, 0.3) is 0 Å². The number of methoxy groups -OCH3 is 1. The van der Waals surface area contributed by atoms with Crippen molar-refractivity contribution in [2.75, 3.05) is 40.5 Å². The van der Waals surface area contributed by atoms with E-state index >= 15 is 0 Å². The van der Waals surface area contributed by atoms with Gasteiger partial charge in [-0.3, -0.25) is 0 Å². The zero-order chi connectivity index (χ0) is 11.3. The van der Waals surface area contributed by atoms with Crippen molar-refractivity contribution in [2.24, 2.45) is 0 Å². The molecule has 0 aliphatic carbocycles. The van der Waals surface area contributed by atoms with Gasteiger partial charge in [-0.05, 0) is 14.0 Å². The van der Waals surface area contributed by atoms with Crippen LogP contribution in [0.3, 0.4) is 0 Å². The molecule has 0 aromatic carbocycles. The van der Waals surface area contributed by atoms with Gasteiger partial charge in [0.1, 0.15) is 0 Å². The Balaban J connectivity index is 2.31. The van der Waals surface area contributed by atoms with Gasteiger partial charge in [0.2, 0.25) is 0 Å². The number of likely N-dealkylation sites (N-methyl/N-ethyl adjacent to an activating group) is 1. The largest absolute Gasteiger partial charge is 0.388 e. The maximum absolute atomic E-state index is 10.3. The Labute approximate surface area is 92.2 Å². The standard InChI is InChI=1S/C11H23NO3/c1-10(14-3)8-12(2)9-11(13)4-6-15-7-5-11/h10,13H,4-9H2,1-3H3. The molecule has 0 spiro atoms. The lowest BCUT2D eigenvalue weighted by atomic mass is 9.94. The normalized spacial score (nSPS) is 23.0. The molecule has 0 amide bonds. The van der Waals surface area contributed by atoms with Gasteiger partial charge in [0.25, 0.3) is 0 Å². The Kier molecular flexibility index (Phi) is 4.99. The van der Waals surface area contributed by atoms with Crippen LogP contribution in [-0.4, -0.2) is 62.2 Å². The van der Waals surface area contributed by atoms with Crippen LogP contribution in [0, 0.1) is 0 Å². The van der Waals surface area contributed by atoms with Crippen LogP contribution in [0.15, 0.2) is 0 Å². The van der Waals surface area contributed by atoms with E-state index in [1.165, 1.54) is 0 Å². The van der Waals surface area contributed by atoms with Crippen molar-refractivity contribution in [3.8, 4) is 0 Å². The van der Waals surface area contributed by atoms with E-state index in [1.807, 2.05) is 14.0 Å². The average molecular weight is 217 g/mol. The van der Waals surface area contributed by atoms with Gasteiger partial charge in [-0.1, -0.05) is 0 Å². The lowest BCUT2D eigenvalue weighted by Crippen LogP contribution is -2.47. The molecule has 4 heteroatoms. The summed E-state index contributed by atoms with van der Waals surface area (Å²) >= 11 is 0. The Morgan fingerprint density at radius 3 is 2.60 bits per heavy atom. The van der Waals surface area contributed by atoms with Gasteiger partial charge >= 0.3 is 0 Å². The molecule has 0 bridgehead atoms. The van der Waals surface area contributed by atoms with Crippen molar-refractivity contribution in [1.29, 1.82) is 0 Å². The molecular weight excluding hydrogens is 194 g/mol. The van der Waals surface area contributed by atoms with Gasteiger partial charge in [-0.2, -0.15) is 0 Å². The summed E-state index contributed by atoms with van der Waals surface area (Å²) in [6, 6.07) is 0. The molecule has 1 aliphatic rings. The fourth-order valence-electron chi connectivity index (χ4n) is 1.99. The lowest BCUT2D eigenvalue weighted by molar-refractivity contribution is -0.0803. The zero-order valence-corrected chi connectivity index (χ0v) is 10.0. The van der Waals surface area contributed by atoms with Gasteiger partial charge in [-0.25, -0.2) is 0 Å². The van der Waals surface area contributed by atoms with Crippen LogP contribution in [0.2, 0.25) is 0 Å². The minimum Gasteiger partial charge on any atom is -0.388 e.